The van der Waals surface area contributed by atoms with Crippen molar-refractivity contribution >= 4 is 21.7 Å². The third-order valence-electron chi connectivity index (χ3n) is 4.55. The second-order valence-corrected chi connectivity index (χ2v) is 9.16. The number of nitrogens with one attached hydrogen (secondary N) is 1. The van der Waals surface area contributed by atoms with E-state index in [-0.39, 0.29) is 23.5 Å². The Bertz CT molecular complexity index is 566. The zero-order valence-electron chi connectivity index (χ0n) is 15.0. The van der Waals surface area contributed by atoms with Gasteiger partial charge in [0, 0.05) is 45.2 Å². The zero-order valence-corrected chi connectivity index (χ0v) is 15.8. The van der Waals surface area contributed by atoms with Crippen LogP contribution in [0.4, 0.5) is 0 Å². The van der Waals surface area contributed by atoms with Crippen LogP contribution in [0.15, 0.2) is 4.99 Å². The number of sulfone groups is 1. The largest absolute Gasteiger partial charge is 0.357 e. The SMILES string of the molecule is CCNC(=NCC1CCS(=O)(=O)C1)N1CCN(C(=O)C(C)C)CC1. The second kappa shape index (κ2) is 8.18. The summed E-state index contributed by atoms with van der Waals surface area (Å²) in [6.07, 6.45) is 0.710. The molecular weight excluding hydrogens is 328 g/mol. The maximum Gasteiger partial charge on any atom is 0.225 e. The van der Waals surface area contributed by atoms with Gasteiger partial charge in [0.15, 0.2) is 15.8 Å². The molecule has 138 valence electrons. The lowest BCUT2D eigenvalue weighted by atomic mass is 10.1. The van der Waals surface area contributed by atoms with E-state index in [1.54, 1.807) is 0 Å². The van der Waals surface area contributed by atoms with Crippen molar-refractivity contribution in [3.63, 3.8) is 0 Å². The number of nitrogens with zero attached hydrogens (tertiary/aromatic N) is 3. The van der Waals surface area contributed by atoms with Gasteiger partial charge < -0.3 is 15.1 Å². The molecule has 0 spiro atoms. The summed E-state index contributed by atoms with van der Waals surface area (Å²) >= 11 is 0. The molecule has 1 N–H and O–H groups in total. The topological polar surface area (TPSA) is 82.1 Å². The van der Waals surface area contributed by atoms with Gasteiger partial charge in [-0.2, -0.15) is 0 Å². The van der Waals surface area contributed by atoms with Gasteiger partial charge in [0.25, 0.3) is 0 Å². The minimum atomic E-state index is -2.85. The highest BCUT2D eigenvalue weighted by Crippen LogP contribution is 2.18. The van der Waals surface area contributed by atoms with Crippen molar-refractivity contribution < 1.29 is 13.2 Å². The zero-order chi connectivity index (χ0) is 17.7. The molecule has 8 heteroatoms. The van der Waals surface area contributed by atoms with E-state index in [1.807, 2.05) is 25.7 Å². The normalized spacial score (nSPS) is 24.5. The van der Waals surface area contributed by atoms with E-state index in [1.165, 1.54) is 0 Å². The highest BCUT2D eigenvalue weighted by Gasteiger charge is 2.28. The molecule has 2 heterocycles. The van der Waals surface area contributed by atoms with E-state index in [9.17, 15) is 13.2 Å². The molecule has 0 bridgehead atoms. The maximum atomic E-state index is 12.1. The van der Waals surface area contributed by atoms with E-state index < -0.39 is 9.84 Å². The van der Waals surface area contributed by atoms with Gasteiger partial charge in [0.2, 0.25) is 5.91 Å². The molecule has 2 aliphatic heterocycles. The molecule has 7 nitrogen and oxygen atoms in total. The summed E-state index contributed by atoms with van der Waals surface area (Å²) in [4.78, 5) is 20.8. The molecular formula is C16H30N4O3S. The number of amides is 1. The Kier molecular flexibility index (Phi) is 6.48. The van der Waals surface area contributed by atoms with Gasteiger partial charge in [-0.1, -0.05) is 13.8 Å². The summed E-state index contributed by atoms with van der Waals surface area (Å²) < 4.78 is 23.1. The number of hydrogen-bond acceptors (Lipinski definition) is 4. The monoisotopic (exact) mass is 358 g/mol. The van der Waals surface area contributed by atoms with E-state index in [0.29, 0.717) is 31.8 Å². The molecule has 0 radical (unpaired) electrons. The van der Waals surface area contributed by atoms with Crippen molar-refractivity contribution in [1.29, 1.82) is 0 Å². The highest BCUT2D eigenvalue weighted by atomic mass is 32.2. The summed E-state index contributed by atoms with van der Waals surface area (Å²) in [6, 6.07) is 0. The van der Waals surface area contributed by atoms with Crippen LogP contribution in [0.5, 0.6) is 0 Å². The predicted molar refractivity (Wildman–Crippen MR) is 95.7 cm³/mol. The van der Waals surface area contributed by atoms with Crippen LogP contribution in [0.1, 0.15) is 27.2 Å². The summed E-state index contributed by atoms with van der Waals surface area (Å²) in [5, 5.41) is 3.29. The standard InChI is InChI=1S/C16H30N4O3S/c1-4-17-16(18-11-14-5-10-24(22,23)12-14)20-8-6-19(7-9-20)15(21)13(2)3/h13-14H,4-12H2,1-3H3,(H,17,18). The van der Waals surface area contributed by atoms with E-state index in [0.717, 1.165) is 25.6 Å². The molecule has 1 unspecified atom stereocenters. The molecule has 1 atom stereocenters. The average molecular weight is 359 g/mol. The molecule has 0 aliphatic carbocycles. The van der Waals surface area contributed by atoms with Gasteiger partial charge in [-0.05, 0) is 19.3 Å². The van der Waals surface area contributed by atoms with Crippen molar-refractivity contribution in [2.45, 2.75) is 27.2 Å². The number of guanidine groups is 1. The van der Waals surface area contributed by atoms with Crippen molar-refractivity contribution in [3.8, 4) is 0 Å². The fourth-order valence-electron chi connectivity index (χ4n) is 3.16. The van der Waals surface area contributed by atoms with Crippen molar-refractivity contribution in [3.05, 3.63) is 0 Å². The Morgan fingerprint density at radius 3 is 2.33 bits per heavy atom. The van der Waals surface area contributed by atoms with Gasteiger partial charge >= 0.3 is 0 Å². The first-order chi connectivity index (χ1) is 11.3. The molecule has 1 amide bonds. The van der Waals surface area contributed by atoms with E-state index in [2.05, 4.69) is 15.2 Å². The van der Waals surface area contributed by atoms with Crippen LogP contribution in [-0.4, -0.2) is 80.9 Å². The van der Waals surface area contributed by atoms with Crippen LogP contribution in [0.25, 0.3) is 0 Å². The molecule has 2 aliphatic rings. The Labute approximate surface area is 145 Å². The second-order valence-electron chi connectivity index (χ2n) is 6.93. The fraction of sp³-hybridized carbons (Fsp3) is 0.875. The minimum Gasteiger partial charge on any atom is -0.357 e. The van der Waals surface area contributed by atoms with Gasteiger partial charge in [-0.3, -0.25) is 9.79 Å². The third-order valence-corrected chi connectivity index (χ3v) is 6.38. The van der Waals surface area contributed by atoms with Crippen molar-refractivity contribution in [2.24, 2.45) is 16.8 Å². The summed E-state index contributed by atoms with van der Waals surface area (Å²) in [5.41, 5.74) is 0. The lowest BCUT2D eigenvalue weighted by molar-refractivity contribution is -0.135. The molecule has 0 aromatic rings. The van der Waals surface area contributed by atoms with Gasteiger partial charge in [0.1, 0.15) is 0 Å². The number of rotatable bonds is 4. The number of carbonyl (C=O) groups excluding carboxylic acids is 1. The first kappa shape index (κ1) is 19.0. The van der Waals surface area contributed by atoms with Gasteiger partial charge in [-0.15, -0.1) is 0 Å². The number of carbonyl (C=O) groups is 1. The first-order valence-electron chi connectivity index (χ1n) is 8.85. The molecule has 2 saturated heterocycles. The maximum absolute atomic E-state index is 12.1. The summed E-state index contributed by atoms with van der Waals surface area (Å²) in [7, 11) is -2.85. The van der Waals surface area contributed by atoms with Gasteiger partial charge in [-0.25, -0.2) is 8.42 Å². The van der Waals surface area contributed by atoms with Crippen LogP contribution in [-0.2, 0) is 14.6 Å². The molecule has 2 fully saturated rings. The molecule has 0 aromatic carbocycles. The smallest absolute Gasteiger partial charge is 0.225 e. The van der Waals surface area contributed by atoms with E-state index in [4.69, 9.17) is 0 Å². The van der Waals surface area contributed by atoms with Gasteiger partial charge in [0.05, 0.1) is 11.5 Å². The van der Waals surface area contributed by atoms with Crippen LogP contribution < -0.4 is 5.32 Å². The minimum absolute atomic E-state index is 0.0303. The molecule has 2 rings (SSSR count). The summed E-state index contributed by atoms with van der Waals surface area (Å²) in [6.45, 7) is 10.1. The fourth-order valence-corrected chi connectivity index (χ4v) is 5.01. The lowest BCUT2D eigenvalue weighted by Gasteiger charge is -2.37. The Morgan fingerprint density at radius 2 is 1.83 bits per heavy atom. The highest BCUT2D eigenvalue weighted by molar-refractivity contribution is 7.91. The quantitative estimate of drug-likeness (QED) is 0.573. The van der Waals surface area contributed by atoms with Crippen molar-refractivity contribution in [1.82, 2.24) is 15.1 Å². The first-order valence-corrected chi connectivity index (χ1v) is 10.7. The van der Waals surface area contributed by atoms with Crippen molar-refractivity contribution in [2.75, 3.05) is 50.8 Å². The summed E-state index contributed by atoms with van der Waals surface area (Å²) in [5.74, 6) is 1.74. The van der Waals surface area contributed by atoms with Crippen LogP contribution in [0, 0.1) is 11.8 Å². The number of aliphatic imine (C=N–C) groups is 1. The lowest BCUT2D eigenvalue weighted by Crippen LogP contribution is -2.54. The number of hydrogen-bond donors (Lipinski definition) is 1. The Balaban J connectivity index is 1.91. The Morgan fingerprint density at radius 1 is 1.21 bits per heavy atom. The average Bonchev–Trinajstić information content (AvgIpc) is 2.90. The van der Waals surface area contributed by atoms with Crippen LogP contribution in [0.2, 0.25) is 0 Å². The number of piperazine rings is 1. The Hall–Kier alpha value is -1.31. The van der Waals surface area contributed by atoms with Crippen LogP contribution >= 0.6 is 0 Å². The molecule has 0 aromatic heterocycles. The predicted octanol–water partition coefficient (Wildman–Crippen LogP) is 0.187. The van der Waals surface area contributed by atoms with E-state index >= 15 is 0 Å². The molecule has 24 heavy (non-hydrogen) atoms. The molecule has 0 saturated carbocycles. The van der Waals surface area contributed by atoms with Crippen LogP contribution in [0.3, 0.4) is 0 Å². The third kappa shape index (κ3) is 5.09.